The van der Waals surface area contributed by atoms with Gasteiger partial charge in [-0.2, -0.15) is 0 Å². The molecule has 1 fully saturated rings. The van der Waals surface area contributed by atoms with E-state index in [-0.39, 0.29) is 5.60 Å². The van der Waals surface area contributed by atoms with Crippen LogP contribution in [0.5, 0.6) is 0 Å². The van der Waals surface area contributed by atoms with Gasteiger partial charge in [0.2, 0.25) is 0 Å². The molecule has 3 nitrogen and oxygen atoms in total. The Morgan fingerprint density at radius 2 is 1.94 bits per heavy atom. The van der Waals surface area contributed by atoms with Crippen molar-refractivity contribution in [3.05, 3.63) is 0 Å². The van der Waals surface area contributed by atoms with Crippen LogP contribution in [-0.4, -0.2) is 49.8 Å². The molecule has 0 bridgehead atoms. The van der Waals surface area contributed by atoms with E-state index in [0.29, 0.717) is 0 Å². The number of likely N-dealkylation sites (tertiary alicyclic amines) is 1. The van der Waals surface area contributed by atoms with Gasteiger partial charge in [0.1, 0.15) is 0 Å². The number of piperidine rings is 1. The Labute approximate surface area is 101 Å². The first kappa shape index (κ1) is 13.9. The second-order valence-electron chi connectivity index (χ2n) is 5.47. The molecule has 1 N–H and O–H groups in total. The minimum absolute atomic E-state index is 0.0102. The Hall–Kier alpha value is -0.120. The van der Waals surface area contributed by atoms with E-state index < -0.39 is 0 Å². The van der Waals surface area contributed by atoms with Crippen molar-refractivity contribution in [2.24, 2.45) is 0 Å². The zero-order chi connectivity index (χ0) is 12.0. The summed E-state index contributed by atoms with van der Waals surface area (Å²) in [6, 6.07) is 0.738. The Balaban J connectivity index is 2.21. The SMILES string of the molecule is CCCNC1CCN(CC(C)(C)OC)CC1. The van der Waals surface area contributed by atoms with Crippen LogP contribution in [0.25, 0.3) is 0 Å². The number of nitrogens with zero attached hydrogens (tertiary/aromatic N) is 1. The van der Waals surface area contributed by atoms with E-state index in [9.17, 15) is 0 Å². The largest absolute Gasteiger partial charge is 0.377 e. The second kappa shape index (κ2) is 6.58. The quantitative estimate of drug-likeness (QED) is 0.751. The fourth-order valence-corrected chi connectivity index (χ4v) is 2.25. The smallest absolute Gasteiger partial charge is 0.0749 e. The van der Waals surface area contributed by atoms with E-state index in [1.165, 1.54) is 32.4 Å². The van der Waals surface area contributed by atoms with Gasteiger partial charge in [0.25, 0.3) is 0 Å². The third-order valence-electron chi connectivity index (χ3n) is 3.43. The molecule has 96 valence electrons. The predicted octanol–water partition coefficient (Wildman–Crippen LogP) is 1.88. The fourth-order valence-electron chi connectivity index (χ4n) is 2.25. The van der Waals surface area contributed by atoms with Gasteiger partial charge in [0.05, 0.1) is 5.60 Å². The number of nitrogens with one attached hydrogen (secondary N) is 1. The molecule has 1 aliphatic heterocycles. The summed E-state index contributed by atoms with van der Waals surface area (Å²) in [4.78, 5) is 2.52. The number of rotatable bonds is 6. The van der Waals surface area contributed by atoms with E-state index in [1.807, 2.05) is 0 Å². The van der Waals surface area contributed by atoms with Crippen molar-refractivity contribution in [2.45, 2.75) is 51.7 Å². The van der Waals surface area contributed by atoms with Crippen molar-refractivity contribution in [1.29, 1.82) is 0 Å². The summed E-state index contributed by atoms with van der Waals surface area (Å²) < 4.78 is 5.47. The molecule has 0 aliphatic carbocycles. The first-order valence-corrected chi connectivity index (χ1v) is 6.58. The molecule has 0 saturated carbocycles. The molecule has 0 aromatic heterocycles. The molecule has 16 heavy (non-hydrogen) atoms. The average Bonchev–Trinajstić information content (AvgIpc) is 2.28. The molecule has 0 aromatic rings. The zero-order valence-corrected chi connectivity index (χ0v) is 11.4. The molecule has 1 saturated heterocycles. The summed E-state index contributed by atoms with van der Waals surface area (Å²) in [7, 11) is 1.80. The highest BCUT2D eigenvalue weighted by Crippen LogP contribution is 2.15. The Bertz CT molecular complexity index is 186. The summed E-state index contributed by atoms with van der Waals surface area (Å²) in [5.74, 6) is 0. The molecule has 3 heteroatoms. The lowest BCUT2D eigenvalue weighted by atomic mass is 10.0. The predicted molar refractivity (Wildman–Crippen MR) is 68.8 cm³/mol. The maximum absolute atomic E-state index is 5.47. The monoisotopic (exact) mass is 228 g/mol. The van der Waals surface area contributed by atoms with Crippen LogP contribution in [0.15, 0.2) is 0 Å². The van der Waals surface area contributed by atoms with Crippen LogP contribution in [0, 0.1) is 0 Å². The molecule has 0 atom stereocenters. The van der Waals surface area contributed by atoms with Crippen molar-refractivity contribution in [1.82, 2.24) is 10.2 Å². The van der Waals surface area contributed by atoms with Gasteiger partial charge in [-0.1, -0.05) is 6.92 Å². The molecule has 0 amide bonds. The van der Waals surface area contributed by atoms with Crippen LogP contribution in [0.2, 0.25) is 0 Å². The third-order valence-corrected chi connectivity index (χ3v) is 3.43. The fraction of sp³-hybridized carbons (Fsp3) is 1.00. The molecule has 1 aliphatic rings. The molecule has 0 radical (unpaired) electrons. The summed E-state index contributed by atoms with van der Waals surface area (Å²) >= 11 is 0. The van der Waals surface area contributed by atoms with Crippen molar-refractivity contribution >= 4 is 0 Å². The number of methoxy groups -OCH3 is 1. The molecule has 0 spiro atoms. The maximum atomic E-state index is 5.47. The van der Waals surface area contributed by atoms with E-state index in [0.717, 1.165) is 19.1 Å². The van der Waals surface area contributed by atoms with E-state index in [1.54, 1.807) is 7.11 Å². The molecule has 1 rings (SSSR count). The van der Waals surface area contributed by atoms with Gasteiger partial charge in [-0.15, -0.1) is 0 Å². The lowest BCUT2D eigenvalue weighted by molar-refractivity contribution is -0.0131. The molecular weight excluding hydrogens is 200 g/mol. The average molecular weight is 228 g/mol. The van der Waals surface area contributed by atoms with Crippen molar-refractivity contribution in [2.75, 3.05) is 33.3 Å². The van der Waals surface area contributed by atoms with Crippen molar-refractivity contribution in [3.63, 3.8) is 0 Å². The maximum Gasteiger partial charge on any atom is 0.0749 e. The third kappa shape index (κ3) is 4.81. The van der Waals surface area contributed by atoms with Gasteiger partial charge >= 0.3 is 0 Å². The number of hydrogen-bond acceptors (Lipinski definition) is 3. The lowest BCUT2D eigenvalue weighted by Crippen LogP contribution is -2.47. The van der Waals surface area contributed by atoms with Crippen LogP contribution < -0.4 is 5.32 Å². The Morgan fingerprint density at radius 3 is 2.44 bits per heavy atom. The standard InChI is InChI=1S/C13H28N2O/c1-5-8-14-12-6-9-15(10-7-12)11-13(2,3)16-4/h12,14H,5-11H2,1-4H3. The van der Waals surface area contributed by atoms with Crippen LogP contribution in [0.3, 0.4) is 0 Å². The minimum atomic E-state index is -0.0102. The Morgan fingerprint density at radius 1 is 1.31 bits per heavy atom. The van der Waals surface area contributed by atoms with E-state index in [2.05, 4.69) is 31.0 Å². The van der Waals surface area contributed by atoms with Crippen LogP contribution >= 0.6 is 0 Å². The van der Waals surface area contributed by atoms with Gasteiger partial charge in [-0.25, -0.2) is 0 Å². The first-order chi connectivity index (χ1) is 7.57. The summed E-state index contributed by atoms with van der Waals surface area (Å²) in [5, 5.41) is 3.61. The summed E-state index contributed by atoms with van der Waals surface area (Å²) in [6.45, 7) is 11.2. The van der Waals surface area contributed by atoms with Gasteiger partial charge in [0.15, 0.2) is 0 Å². The first-order valence-electron chi connectivity index (χ1n) is 6.58. The Kier molecular flexibility index (Phi) is 5.73. The van der Waals surface area contributed by atoms with E-state index in [4.69, 9.17) is 4.74 Å². The highest BCUT2D eigenvalue weighted by Gasteiger charge is 2.24. The topological polar surface area (TPSA) is 24.5 Å². The number of ether oxygens (including phenoxy) is 1. The summed E-state index contributed by atoms with van der Waals surface area (Å²) in [5.41, 5.74) is -0.0102. The molecule has 0 unspecified atom stereocenters. The summed E-state index contributed by atoms with van der Waals surface area (Å²) in [6.07, 6.45) is 3.79. The van der Waals surface area contributed by atoms with Gasteiger partial charge < -0.3 is 15.0 Å². The molecule has 1 heterocycles. The number of hydrogen-bond donors (Lipinski definition) is 1. The highest BCUT2D eigenvalue weighted by molar-refractivity contribution is 4.81. The second-order valence-corrected chi connectivity index (χ2v) is 5.47. The van der Waals surface area contributed by atoms with Crippen molar-refractivity contribution < 1.29 is 4.74 Å². The van der Waals surface area contributed by atoms with Crippen LogP contribution in [0.1, 0.15) is 40.0 Å². The normalized spacial score (nSPS) is 20.2. The molecular formula is C13H28N2O. The zero-order valence-electron chi connectivity index (χ0n) is 11.4. The van der Waals surface area contributed by atoms with Crippen LogP contribution in [0.4, 0.5) is 0 Å². The van der Waals surface area contributed by atoms with E-state index >= 15 is 0 Å². The lowest BCUT2D eigenvalue weighted by Gasteiger charge is -2.37. The van der Waals surface area contributed by atoms with Gasteiger partial charge in [0, 0.05) is 19.7 Å². The minimum Gasteiger partial charge on any atom is -0.377 e. The molecule has 0 aromatic carbocycles. The van der Waals surface area contributed by atoms with Crippen molar-refractivity contribution in [3.8, 4) is 0 Å². The van der Waals surface area contributed by atoms with Gasteiger partial charge in [-0.05, 0) is 52.7 Å². The van der Waals surface area contributed by atoms with Crippen LogP contribution in [-0.2, 0) is 4.74 Å². The van der Waals surface area contributed by atoms with Gasteiger partial charge in [-0.3, -0.25) is 0 Å². The highest BCUT2D eigenvalue weighted by atomic mass is 16.5.